The zero-order valence-corrected chi connectivity index (χ0v) is 9.54. The molecule has 5 heteroatoms. The highest BCUT2D eigenvalue weighted by molar-refractivity contribution is 5.93. The first-order chi connectivity index (χ1) is 8.24. The van der Waals surface area contributed by atoms with Crippen LogP contribution in [0, 0.1) is 0 Å². The average Bonchev–Trinajstić information content (AvgIpc) is 2.38. The van der Waals surface area contributed by atoms with Crippen molar-refractivity contribution in [2.45, 2.75) is 25.3 Å². The molecule has 0 aromatic carbocycles. The minimum Gasteiger partial charge on any atom is -0.478 e. The lowest BCUT2D eigenvalue weighted by Crippen LogP contribution is -2.43. The van der Waals surface area contributed by atoms with Crippen molar-refractivity contribution in [2.24, 2.45) is 0 Å². The maximum Gasteiger partial charge on any atom is 0.339 e. The van der Waals surface area contributed by atoms with Crippen molar-refractivity contribution < 1.29 is 15.0 Å². The van der Waals surface area contributed by atoms with Gasteiger partial charge < -0.3 is 15.1 Å². The average molecular weight is 236 g/mol. The Hall–Kier alpha value is -1.62. The molecule has 17 heavy (non-hydrogen) atoms. The Bertz CT molecular complexity index is 408. The second-order valence-electron chi connectivity index (χ2n) is 4.21. The van der Waals surface area contributed by atoms with Crippen LogP contribution in [0.15, 0.2) is 18.3 Å². The quantitative estimate of drug-likeness (QED) is 0.823. The molecule has 1 atom stereocenters. The highest BCUT2D eigenvalue weighted by Gasteiger charge is 2.26. The highest BCUT2D eigenvalue weighted by atomic mass is 16.4. The molecule has 2 rings (SSSR count). The number of aromatic nitrogens is 1. The molecule has 0 radical (unpaired) electrons. The molecule has 1 aliphatic rings. The molecule has 0 saturated carbocycles. The van der Waals surface area contributed by atoms with E-state index in [9.17, 15) is 9.90 Å². The number of carboxylic acids is 1. The van der Waals surface area contributed by atoms with Gasteiger partial charge >= 0.3 is 5.97 Å². The summed E-state index contributed by atoms with van der Waals surface area (Å²) in [5, 5.41) is 18.5. The second-order valence-corrected chi connectivity index (χ2v) is 4.21. The molecule has 2 N–H and O–H groups in total. The Labute approximate surface area is 99.7 Å². The Kier molecular flexibility index (Phi) is 3.58. The number of carboxylic acid groups (broad SMARTS) is 1. The summed E-state index contributed by atoms with van der Waals surface area (Å²) in [4.78, 5) is 17.2. The second kappa shape index (κ2) is 5.14. The van der Waals surface area contributed by atoms with Gasteiger partial charge in [-0.2, -0.15) is 0 Å². The van der Waals surface area contributed by atoms with Crippen molar-refractivity contribution in [3.8, 4) is 0 Å². The van der Waals surface area contributed by atoms with Gasteiger partial charge in [-0.3, -0.25) is 0 Å². The van der Waals surface area contributed by atoms with Gasteiger partial charge in [-0.1, -0.05) is 0 Å². The third-order valence-corrected chi connectivity index (χ3v) is 3.13. The number of hydrogen-bond donors (Lipinski definition) is 2. The zero-order valence-electron chi connectivity index (χ0n) is 9.54. The number of rotatable bonds is 3. The molecule has 0 bridgehead atoms. The van der Waals surface area contributed by atoms with Gasteiger partial charge in [0.15, 0.2) is 0 Å². The van der Waals surface area contributed by atoms with Crippen LogP contribution in [0.4, 0.5) is 5.82 Å². The van der Waals surface area contributed by atoms with Crippen molar-refractivity contribution in [1.82, 2.24) is 4.98 Å². The fourth-order valence-corrected chi connectivity index (χ4v) is 2.26. The molecule has 1 saturated heterocycles. The number of piperidine rings is 1. The van der Waals surface area contributed by atoms with Crippen LogP contribution in [0.5, 0.6) is 0 Å². The monoisotopic (exact) mass is 236 g/mol. The number of aromatic carboxylic acids is 1. The predicted molar refractivity (Wildman–Crippen MR) is 63.3 cm³/mol. The van der Waals surface area contributed by atoms with Gasteiger partial charge in [-0.05, 0) is 31.4 Å². The molecular weight excluding hydrogens is 220 g/mol. The lowest BCUT2D eigenvalue weighted by Gasteiger charge is -2.36. The molecule has 0 aliphatic carbocycles. The molecular formula is C12H16N2O3. The fourth-order valence-electron chi connectivity index (χ4n) is 2.26. The number of pyridine rings is 1. The first kappa shape index (κ1) is 11.9. The van der Waals surface area contributed by atoms with E-state index in [0.717, 1.165) is 25.8 Å². The molecule has 1 fully saturated rings. The molecule has 1 unspecified atom stereocenters. The van der Waals surface area contributed by atoms with Crippen LogP contribution in [0.1, 0.15) is 29.6 Å². The van der Waals surface area contributed by atoms with Gasteiger partial charge in [0, 0.05) is 12.7 Å². The van der Waals surface area contributed by atoms with Gasteiger partial charge in [-0.15, -0.1) is 0 Å². The van der Waals surface area contributed by atoms with Gasteiger partial charge in [0.2, 0.25) is 0 Å². The van der Waals surface area contributed by atoms with E-state index in [-0.39, 0.29) is 18.2 Å². The minimum atomic E-state index is -0.977. The Morgan fingerprint density at radius 1 is 1.53 bits per heavy atom. The molecule has 1 aromatic rings. The van der Waals surface area contributed by atoms with E-state index in [1.807, 2.05) is 4.90 Å². The van der Waals surface area contributed by atoms with Gasteiger partial charge in [0.1, 0.15) is 11.4 Å². The first-order valence-electron chi connectivity index (χ1n) is 5.80. The predicted octanol–water partition coefficient (Wildman–Crippen LogP) is 1.13. The summed E-state index contributed by atoms with van der Waals surface area (Å²) in [7, 11) is 0. The Morgan fingerprint density at radius 3 is 3.06 bits per heavy atom. The SMILES string of the molecule is O=C(O)c1cccnc1N1CCCCC1CO. The van der Waals surface area contributed by atoms with Crippen molar-refractivity contribution in [1.29, 1.82) is 0 Å². The normalized spacial score (nSPS) is 20.3. The number of anilines is 1. The molecule has 92 valence electrons. The lowest BCUT2D eigenvalue weighted by molar-refractivity contribution is 0.0696. The van der Waals surface area contributed by atoms with Crippen LogP contribution in [0.3, 0.4) is 0 Å². The smallest absolute Gasteiger partial charge is 0.339 e. The van der Waals surface area contributed by atoms with Crippen molar-refractivity contribution in [3.05, 3.63) is 23.9 Å². The topological polar surface area (TPSA) is 73.7 Å². The number of hydrogen-bond acceptors (Lipinski definition) is 4. The number of aliphatic hydroxyl groups excluding tert-OH is 1. The highest BCUT2D eigenvalue weighted by Crippen LogP contribution is 2.25. The van der Waals surface area contributed by atoms with Crippen LogP contribution in [0.2, 0.25) is 0 Å². The van der Waals surface area contributed by atoms with Crippen LogP contribution >= 0.6 is 0 Å². The minimum absolute atomic E-state index is 0.0169. The molecule has 0 spiro atoms. The van der Waals surface area contributed by atoms with Gasteiger partial charge in [0.05, 0.1) is 12.6 Å². The third kappa shape index (κ3) is 2.39. The maximum atomic E-state index is 11.1. The third-order valence-electron chi connectivity index (χ3n) is 3.13. The molecule has 2 heterocycles. The van der Waals surface area contributed by atoms with Crippen LogP contribution in [-0.2, 0) is 0 Å². The van der Waals surface area contributed by atoms with Crippen molar-refractivity contribution in [2.75, 3.05) is 18.1 Å². The number of carbonyl (C=O) groups is 1. The Morgan fingerprint density at radius 2 is 2.35 bits per heavy atom. The summed E-state index contributed by atoms with van der Waals surface area (Å²) in [5.74, 6) is -0.505. The van der Waals surface area contributed by atoms with E-state index in [2.05, 4.69) is 4.98 Å². The van der Waals surface area contributed by atoms with Crippen LogP contribution < -0.4 is 4.90 Å². The van der Waals surface area contributed by atoms with E-state index in [1.165, 1.54) is 0 Å². The molecule has 0 amide bonds. The van der Waals surface area contributed by atoms with Crippen molar-refractivity contribution in [3.63, 3.8) is 0 Å². The van der Waals surface area contributed by atoms with E-state index in [4.69, 9.17) is 5.11 Å². The fraction of sp³-hybridized carbons (Fsp3) is 0.500. The van der Waals surface area contributed by atoms with E-state index in [0.29, 0.717) is 5.82 Å². The number of nitrogens with zero attached hydrogens (tertiary/aromatic N) is 2. The van der Waals surface area contributed by atoms with Crippen molar-refractivity contribution >= 4 is 11.8 Å². The first-order valence-corrected chi connectivity index (χ1v) is 5.80. The zero-order chi connectivity index (χ0) is 12.3. The van der Waals surface area contributed by atoms with Gasteiger partial charge in [0.25, 0.3) is 0 Å². The maximum absolute atomic E-state index is 11.1. The summed E-state index contributed by atoms with van der Waals surface area (Å²) in [6.07, 6.45) is 4.54. The summed E-state index contributed by atoms with van der Waals surface area (Å²) in [5.41, 5.74) is 0.202. The lowest BCUT2D eigenvalue weighted by atomic mass is 10.0. The van der Waals surface area contributed by atoms with Gasteiger partial charge in [-0.25, -0.2) is 9.78 Å². The van der Waals surface area contributed by atoms with E-state index in [1.54, 1.807) is 18.3 Å². The summed E-state index contributed by atoms with van der Waals surface area (Å²) in [6.45, 7) is 0.790. The Balaban J connectivity index is 2.34. The summed E-state index contributed by atoms with van der Waals surface area (Å²) < 4.78 is 0. The molecule has 5 nitrogen and oxygen atoms in total. The van der Waals surface area contributed by atoms with E-state index >= 15 is 0 Å². The largest absolute Gasteiger partial charge is 0.478 e. The molecule has 1 aliphatic heterocycles. The van der Waals surface area contributed by atoms with Crippen LogP contribution in [-0.4, -0.2) is 40.4 Å². The number of aliphatic hydroxyl groups is 1. The van der Waals surface area contributed by atoms with Crippen LogP contribution in [0.25, 0.3) is 0 Å². The summed E-state index contributed by atoms with van der Waals surface area (Å²) in [6, 6.07) is 3.15. The summed E-state index contributed by atoms with van der Waals surface area (Å²) >= 11 is 0. The standard InChI is InChI=1S/C12H16N2O3/c15-8-9-4-1-2-7-14(9)11-10(12(16)17)5-3-6-13-11/h3,5-6,9,15H,1-2,4,7-8H2,(H,16,17). The van der Waals surface area contributed by atoms with E-state index < -0.39 is 5.97 Å². The molecule has 1 aromatic heterocycles.